The van der Waals surface area contributed by atoms with Gasteiger partial charge in [0.2, 0.25) is 0 Å². The fourth-order valence-electron chi connectivity index (χ4n) is 3.88. The molecule has 4 rings (SSSR count). The molecule has 0 spiro atoms. The highest BCUT2D eigenvalue weighted by atomic mass is 32.2. The largest absolute Gasteiger partial charge is 0.376 e. The van der Waals surface area contributed by atoms with E-state index in [-0.39, 0.29) is 16.7 Å². The summed E-state index contributed by atoms with van der Waals surface area (Å²) in [7, 11) is -1.75. The summed E-state index contributed by atoms with van der Waals surface area (Å²) in [5.74, 6) is 0.143. The number of Topliss-reactive ketones (excluding diaryl/α,β-unsaturated/α-hetero) is 1. The number of benzene rings is 2. The van der Waals surface area contributed by atoms with E-state index in [1.807, 2.05) is 51.4 Å². The second-order valence-corrected chi connectivity index (χ2v) is 9.56. The van der Waals surface area contributed by atoms with Gasteiger partial charge < -0.3 is 4.90 Å². The topological polar surface area (TPSA) is 59.4 Å². The zero-order chi connectivity index (χ0) is 20.8. The van der Waals surface area contributed by atoms with Crippen LogP contribution in [0.4, 0.5) is 0 Å². The van der Waals surface area contributed by atoms with E-state index in [1.165, 1.54) is 3.97 Å². The van der Waals surface area contributed by atoms with E-state index in [4.69, 9.17) is 0 Å². The van der Waals surface area contributed by atoms with Gasteiger partial charge in [-0.3, -0.25) is 4.79 Å². The van der Waals surface area contributed by atoms with Crippen LogP contribution >= 0.6 is 0 Å². The monoisotopic (exact) mass is 408 g/mol. The van der Waals surface area contributed by atoms with E-state index in [0.717, 1.165) is 22.1 Å². The molecule has 1 aliphatic heterocycles. The zero-order valence-corrected chi connectivity index (χ0v) is 17.6. The van der Waals surface area contributed by atoms with Crippen molar-refractivity contribution in [2.24, 2.45) is 0 Å². The Balaban J connectivity index is 1.78. The van der Waals surface area contributed by atoms with Crippen molar-refractivity contribution in [3.63, 3.8) is 0 Å². The van der Waals surface area contributed by atoms with Crippen LogP contribution in [0.15, 0.2) is 71.4 Å². The van der Waals surface area contributed by atoms with Crippen molar-refractivity contribution >= 4 is 26.7 Å². The smallest absolute Gasteiger partial charge is 0.268 e. The number of hydrogen-bond acceptors (Lipinski definition) is 4. The fraction of sp³-hybridized carbons (Fsp3) is 0.261. The van der Waals surface area contributed by atoms with Crippen molar-refractivity contribution < 1.29 is 13.2 Å². The third-order valence-corrected chi connectivity index (χ3v) is 7.32. The molecular weight excluding hydrogens is 384 g/mol. The molecule has 29 heavy (non-hydrogen) atoms. The first-order valence-electron chi connectivity index (χ1n) is 9.62. The molecule has 1 aromatic heterocycles. The van der Waals surface area contributed by atoms with Gasteiger partial charge in [-0.25, -0.2) is 12.4 Å². The van der Waals surface area contributed by atoms with Crippen LogP contribution in [-0.4, -0.2) is 36.2 Å². The third-order valence-electron chi connectivity index (χ3n) is 5.63. The zero-order valence-electron chi connectivity index (χ0n) is 16.8. The molecule has 3 aromatic rings. The van der Waals surface area contributed by atoms with Crippen molar-refractivity contribution in [1.82, 2.24) is 8.87 Å². The molecule has 0 saturated carbocycles. The maximum absolute atomic E-state index is 13.3. The second-order valence-electron chi connectivity index (χ2n) is 7.75. The lowest BCUT2D eigenvalue weighted by molar-refractivity contribution is -0.117. The van der Waals surface area contributed by atoms with Gasteiger partial charge in [-0.2, -0.15) is 0 Å². The van der Waals surface area contributed by atoms with E-state index in [0.29, 0.717) is 18.4 Å². The summed E-state index contributed by atoms with van der Waals surface area (Å²) in [4.78, 5) is 14.5. The molecule has 6 heteroatoms. The number of para-hydroxylation sites is 1. The van der Waals surface area contributed by atoms with Gasteiger partial charge in [-0.05, 0) is 44.0 Å². The highest BCUT2D eigenvalue weighted by Crippen LogP contribution is 2.29. The summed E-state index contributed by atoms with van der Waals surface area (Å²) >= 11 is 0. The molecular formula is C23H24N2O3S. The van der Waals surface area contributed by atoms with Gasteiger partial charge in [0.15, 0.2) is 5.78 Å². The summed E-state index contributed by atoms with van der Waals surface area (Å²) in [6.07, 6.45) is 4.62. The van der Waals surface area contributed by atoms with Gasteiger partial charge >= 0.3 is 0 Å². The molecule has 0 radical (unpaired) electrons. The number of nitrogens with zero attached hydrogens (tertiary/aromatic N) is 2. The van der Waals surface area contributed by atoms with Crippen molar-refractivity contribution in [1.29, 1.82) is 0 Å². The SMILES string of the molecule is CC1=CN(C)C(Cc2cn(S(=O)(=O)c3ccc(C)cc3)c3ccccc23)CC1=O. The molecule has 1 unspecified atom stereocenters. The van der Waals surface area contributed by atoms with Crippen LogP contribution in [0, 0.1) is 6.92 Å². The van der Waals surface area contributed by atoms with Crippen LogP contribution in [0.3, 0.4) is 0 Å². The quantitative estimate of drug-likeness (QED) is 0.657. The molecule has 5 nitrogen and oxygen atoms in total. The molecule has 150 valence electrons. The Hall–Kier alpha value is -2.86. The van der Waals surface area contributed by atoms with Crippen molar-refractivity contribution in [3.8, 4) is 0 Å². The predicted octanol–water partition coefficient (Wildman–Crippen LogP) is 3.91. The minimum absolute atomic E-state index is 0.00698. The molecule has 0 saturated heterocycles. The summed E-state index contributed by atoms with van der Waals surface area (Å²) < 4.78 is 28.0. The van der Waals surface area contributed by atoms with E-state index in [9.17, 15) is 13.2 Å². The molecule has 0 bridgehead atoms. The number of rotatable bonds is 4. The Bertz CT molecular complexity index is 1220. The number of allylic oxidation sites excluding steroid dienone is 1. The maximum Gasteiger partial charge on any atom is 0.268 e. The van der Waals surface area contributed by atoms with Crippen LogP contribution in [0.1, 0.15) is 24.5 Å². The van der Waals surface area contributed by atoms with Crippen LogP contribution in [-0.2, 0) is 21.2 Å². The normalized spacial score (nSPS) is 17.6. The average Bonchev–Trinajstić information content (AvgIpc) is 3.06. The number of hydrogen-bond donors (Lipinski definition) is 0. The highest BCUT2D eigenvalue weighted by molar-refractivity contribution is 7.90. The molecule has 0 N–H and O–H groups in total. The molecule has 0 amide bonds. The van der Waals surface area contributed by atoms with Gasteiger partial charge in [0, 0.05) is 42.9 Å². The number of carbonyl (C=O) groups excluding carboxylic acids is 1. The van der Waals surface area contributed by atoms with E-state index in [2.05, 4.69) is 4.90 Å². The fourth-order valence-corrected chi connectivity index (χ4v) is 5.27. The lowest BCUT2D eigenvalue weighted by Crippen LogP contribution is -2.36. The van der Waals surface area contributed by atoms with Gasteiger partial charge in [0.1, 0.15) is 0 Å². The Morgan fingerprint density at radius 2 is 1.72 bits per heavy atom. The number of aryl methyl sites for hydroxylation is 1. The van der Waals surface area contributed by atoms with Crippen LogP contribution in [0.25, 0.3) is 10.9 Å². The number of aromatic nitrogens is 1. The molecule has 1 aliphatic rings. The Morgan fingerprint density at radius 3 is 2.45 bits per heavy atom. The lowest BCUT2D eigenvalue weighted by atomic mass is 9.95. The molecule has 0 aliphatic carbocycles. The van der Waals surface area contributed by atoms with E-state index in [1.54, 1.807) is 30.5 Å². The molecule has 0 fully saturated rings. The first-order chi connectivity index (χ1) is 13.8. The first-order valence-corrected chi connectivity index (χ1v) is 11.1. The molecule has 1 atom stereocenters. The summed E-state index contributed by atoms with van der Waals surface area (Å²) in [6, 6.07) is 14.4. The van der Waals surface area contributed by atoms with Crippen molar-refractivity contribution in [2.45, 2.75) is 37.6 Å². The molecule has 2 aromatic carbocycles. The van der Waals surface area contributed by atoms with Crippen molar-refractivity contribution in [3.05, 3.63) is 77.6 Å². The average molecular weight is 409 g/mol. The standard InChI is InChI=1S/C23H24N2O3S/c1-16-8-10-20(11-9-16)29(27,28)25-15-18(21-6-4-5-7-22(21)25)12-19-13-23(26)17(2)14-24(19)3/h4-11,14-15,19H,12-13H2,1-3H3. The second kappa shape index (κ2) is 7.19. The van der Waals surface area contributed by atoms with Gasteiger partial charge in [-0.15, -0.1) is 0 Å². The number of fused-ring (bicyclic) bond motifs is 1. The van der Waals surface area contributed by atoms with Crippen LogP contribution in [0.5, 0.6) is 0 Å². The highest BCUT2D eigenvalue weighted by Gasteiger charge is 2.26. The summed E-state index contributed by atoms with van der Waals surface area (Å²) in [5.41, 5.74) is 3.34. The van der Waals surface area contributed by atoms with Crippen LogP contribution < -0.4 is 0 Å². The Morgan fingerprint density at radius 1 is 1.03 bits per heavy atom. The summed E-state index contributed by atoms with van der Waals surface area (Å²) in [5, 5.41) is 0.898. The van der Waals surface area contributed by atoms with Crippen molar-refractivity contribution in [2.75, 3.05) is 7.05 Å². The Labute approximate surface area is 171 Å². The third kappa shape index (κ3) is 3.49. The minimum Gasteiger partial charge on any atom is -0.376 e. The van der Waals surface area contributed by atoms with Gasteiger partial charge in [-0.1, -0.05) is 35.9 Å². The van der Waals surface area contributed by atoms with Gasteiger partial charge in [0.05, 0.1) is 10.4 Å². The molecule has 2 heterocycles. The van der Waals surface area contributed by atoms with E-state index < -0.39 is 10.0 Å². The van der Waals surface area contributed by atoms with E-state index >= 15 is 0 Å². The predicted molar refractivity (Wildman–Crippen MR) is 114 cm³/mol. The summed E-state index contributed by atoms with van der Waals surface area (Å²) in [6.45, 7) is 3.76. The lowest BCUT2D eigenvalue weighted by Gasteiger charge is -2.30. The Kier molecular flexibility index (Phi) is 4.82. The number of carbonyl (C=O) groups is 1. The number of likely N-dealkylation sites (N-methyl/N-ethyl adjacent to an activating group) is 1. The minimum atomic E-state index is -3.71. The van der Waals surface area contributed by atoms with Crippen LogP contribution in [0.2, 0.25) is 0 Å². The number of ketones is 1. The van der Waals surface area contributed by atoms with Gasteiger partial charge in [0.25, 0.3) is 10.0 Å². The first kappa shape index (κ1) is 19.5. The maximum atomic E-state index is 13.3.